The number of alkyl halides is 2. The highest BCUT2D eigenvalue weighted by molar-refractivity contribution is 5.94. The van der Waals surface area contributed by atoms with Gasteiger partial charge in [-0.05, 0) is 31.1 Å². The molecule has 0 aliphatic carbocycles. The van der Waals surface area contributed by atoms with E-state index in [9.17, 15) is 18.4 Å². The molecule has 1 N–H and O–H groups in total. The van der Waals surface area contributed by atoms with Crippen molar-refractivity contribution in [1.82, 2.24) is 10.2 Å². The lowest BCUT2D eigenvalue weighted by molar-refractivity contribution is -0.117. The third kappa shape index (κ3) is 5.18. The van der Waals surface area contributed by atoms with Gasteiger partial charge < -0.3 is 19.4 Å². The number of ether oxygens (including phenoxy) is 1. The fraction of sp³-hybridized carbons (Fsp3) is 0.300. The molecule has 6 nitrogen and oxygen atoms in total. The SMILES string of the molecule is O=C(/C=C/c1ccccc1OC(F)F)NC1CCN(C(=O)c2ccoc2)CC1. The third-order valence-corrected chi connectivity index (χ3v) is 4.45. The monoisotopic (exact) mass is 390 g/mol. The quantitative estimate of drug-likeness (QED) is 0.768. The van der Waals surface area contributed by atoms with Gasteiger partial charge in [0.25, 0.3) is 5.91 Å². The number of carbonyl (C=O) groups is 2. The zero-order chi connectivity index (χ0) is 19.9. The molecule has 1 saturated heterocycles. The Morgan fingerprint density at radius 1 is 1.21 bits per heavy atom. The third-order valence-electron chi connectivity index (χ3n) is 4.45. The maximum atomic E-state index is 12.4. The maximum absolute atomic E-state index is 12.4. The summed E-state index contributed by atoms with van der Waals surface area (Å²) >= 11 is 0. The van der Waals surface area contributed by atoms with Crippen molar-refractivity contribution in [2.45, 2.75) is 25.5 Å². The summed E-state index contributed by atoms with van der Waals surface area (Å²) in [5.41, 5.74) is 0.897. The van der Waals surface area contributed by atoms with Crippen molar-refractivity contribution in [2.75, 3.05) is 13.1 Å². The van der Waals surface area contributed by atoms with Gasteiger partial charge in [-0.15, -0.1) is 0 Å². The van der Waals surface area contributed by atoms with Gasteiger partial charge in [0.05, 0.1) is 11.8 Å². The summed E-state index contributed by atoms with van der Waals surface area (Å²) in [6.45, 7) is -1.87. The van der Waals surface area contributed by atoms with Crippen LogP contribution in [0.2, 0.25) is 0 Å². The number of para-hydroxylation sites is 1. The van der Waals surface area contributed by atoms with Crippen LogP contribution in [0.1, 0.15) is 28.8 Å². The van der Waals surface area contributed by atoms with Gasteiger partial charge in [0.15, 0.2) is 0 Å². The van der Waals surface area contributed by atoms with Crippen LogP contribution in [0.5, 0.6) is 5.75 Å². The number of hydrogen-bond donors (Lipinski definition) is 1. The lowest BCUT2D eigenvalue weighted by Gasteiger charge is -2.32. The van der Waals surface area contributed by atoms with Crippen LogP contribution in [0.3, 0.4) is 0 Å². The molecule has 1 aromatic heterocycles. The van der Waals surface area contributed by atoms with Crippen molar-refractivity contribution in [3.8, 4) is 5.75 Å². The van der Waals surface area contributed by atoms with Crippen molar-refractivity contribution in [2.24, 2.45) is 0 Å². The van der Waals surface area contributed by atoms with Crippen LogP contribution in [-0.2, 0) is 4.79 Å². The molecule has 0 saturated carbocycles. The summed E-state index contributed by atoms with van der Waals surface area (Å²) in [7, 11) is 0. The van der Waals surface area contributed by atoms with Gasteiger partial charge in [-0.25, -0.2) is 0 Å². The second-order valence-electron chi connectivity index (χ2n) is 6.34. The molecule has 1 aliphatic rings. The molecule has 0 unspecified atom stereocenters. The van der Waals surface area contributed by atoms with Crippen molar-refractivity contribution >= 4 is 17.9 Å². The molecule has 8 heteroatoms. The molecule has 1 aromatic carbocycles. The second kappa shape index (κ2) is 9.16. The van der Waals surface area contributed by atoms with Gasteiger partial charge in [-0.1, -0.05) is 18.2 Å². The van der Waals surface area contributed by atoms with Gasteiger partial charge in [0, 0.05) is 30.8 Å². The average molecular weight is 390 g/mol. The van der Waals surface area contributed by atoms with Crippen LogP contribution < -0.4 is 10.1 Å². The van der Waals surface area contributed by atoms with Crippen LogP contribution in [0.15, 0.2) is 53.4 Å². The molecule has 2 heterocycles. The smallest absolute Gasteiger partial charge is 0.387 e. The first-order valence-electron chi connectivity index (χ1n) is 8.87. The normalized spacial score (nSPS) is 15.2. The van der Waals surface area contributed by atoms with Crippen LogP contribution in [0.4, 0.5) is 8.78 Å². The first-order chi connectivity index (χ1) is 13.5. The molecule has 2 aromatic rings. The van der Waals surface area contributed by atoms with E-state index in [1.807, 2.05) is 0 Å². The molecular formula is C20H20F2N2O4. The number of amides is 2. The van der Waals surface area contributed by atoms with E-state index in [1.165, 1.54) is 30.7 Å². The summed E-state index contributed by atoms with van der Waals surface area (Å²) in [6, 6.07) is 7.81. The number of carbonyl (C=O) groups excluding carboxylic acids is 2. The predicted octanol–water partition coefficient (Wildman–Crippen LogP) is 3.32. The highest BCUT2D eigenvalue weighted by Gasteiger charge is 2.24. The van der Waals surface area contributed by atoms with E-state index in [0.717, 1.165) is 0 Å². The lowest BCUT2D eigenvalue weighted by atomic mass is 10.0. The molecular weight excluding hydrogens is 370 g/mol. The number of benzene rings is 1. The number of hydrogen-bond acceptors (Lipinski definition) is 4. The molecule has 3 rings (SSSR count). The van der Waals surface area contributed by atoms with Crippen LogP contribution in [0, 0.1) is 0 Å². The highest BCUT2D eigenvalue weighted by atomic mass is 19.3. The number of rotatable bonds is 6. The van der Waals surface area contributed by atoms with Gasteiger partial charge in [0.2, 0.25) is 5.91 Å². The Morgan fingerprint density at radius 2 is 1.96 bits per heavy atom. The molecule has 0 bridgehead atoms. The Labute approximate surface area is 160 Å². The maximum Gasteiger partial charge on any atom is 0.387 e. The largest absolute Gasteiger partial charge is 0.472 e. The molecule has 0 radical (unpaired) electrons. The molecule has 148 valence electrons. The molecule has 0 atom stereocenters. The molecule has 1 aliphatic heterocycles. The Morgan fingerprint density at radius 3 is 2.64 bits per heavy atom. The van der Waals surface area contributed by atoms with Gasteiger partial charge >= 0.3 is 6.61 Å². The Hall–Kier alpha value is -3.16. The lowest BCUT2D eigenvalue weighted by Crippen LogP contribution is -2.46. The second-order valence-corrected chi connectivity index (χ2v) is 6.34. The Kier molecular flexibility index (Phi) is 6.41. The van der Waals surface area contributed by atoms with E-state index in [2.05, 4.69) is 10.1 Å². The van der Waals surface area contributed by atoms with Crippen molar-refractivity contribution in [3.63, 3.8) is 0 Å². The standard InChI is InChI=1S/C20H20F2N2O4/c21-20(22)28-17-4-2-1-3-14(17)5-6-18(25)23-16-7-10-24(11-8-16)19(26)15-9-12-27-13-15/h1-6,9,12-13,16,20H,7-8,10-11H2,(H,23,25)/b6-5+. The van der Waals surface area contributed by atoms with E-state index in [1.54, 1.807) is 29.2 Å². The topological polar surface area (TPSA) is 71.8 Å². The predicted molar refractivity (Wildman–Crippen MR) is 97.9 cm³/mol. The van der Waals surface area contributed by atoms with Crippen molar-refractivity contribution in [3.05, 3.63) is 60.1 Å². The molecule has 2 amide bonds. The summed E-state index contributed by atoms with van der Waals surface area (Å²) in [5.74, 6) is -0.409. The van der Waals surface area contributed by atoms with Gasteiger partial charge in [-0.2, -0.15) is 8.78 Å². The number of furan rings is 1. The number of nitrogens with zero attached hydrogens (tertiary/aromatic N) is 1. The molecule has 0 spiro atoms. The van der Waals surface area contributed by atoms with E-state index < -0.39 is 6.61 Å². The highest BCUT2D eigenvalue weighted by Crippen LogP contribution is 2.21. The minimum absolute atomic E-state index is 0.00705. The fourth-order valence-corrected chi connectivity index (χ4v) is 3.03. The molecule has 1 fully saturated rings. The Bertz CT molecular complexity index is 828. The summed E-state index contributed by atoms with van der Waals surface area (Å²) < 4.78 is 34.2. The van der Waals surface area contributed by atoms with Crippen LogP contribution in [0.25, 0.3) is 6.08 Å². The number of halogens is 2. The van der Waals surface area contributed by atoms with E-state index in [4.69, 9.17) is 4.42 Å². The number of nitrogens with one attached hydrogen (secondary N) is 1. The first kappa shape index (κ1) is 19.6. The first-order valence-corrected chi connectivity index (χ1v) is 8.87. The van der Waals surface area contributed by atoms with Crippen LogP contribution in [-0.4, -0.2) is 42.5 Å². The van der Waals surface area contributed by atoms with Crippen molar-refractivity contribution < 1.29 is 27.5 Å². The average Bonchev–Trinajstić information content (AvgIpc) is 3.22. The summed E-state index contributed by atoms with van der Waals surface area (Å²) in [6.07, 6.45) is 6.86. The zero-order valence-corrected chi connectivity index (χ0v) is 15.0. The minimum atomic E-state index is -2.93. The van der Waals surface area contributed by atoms with Crippen molar-refractivity contribution in [1.29, 1.82) is 0 Å². The number of piperidine rings is 1. The summed E-state index contributed by atoms with van der Waals surface area (Å²) in [4.78, 5) is 26.1. The fourth-order valence-electron chi connectivity index (χ4n) is 3.03. The van der Waals surface area contributed by atoms with Gasteiger partial charge in [-0.3, -0.25) is 9.59 Å². The van der Waals surface area contributed by atoms with E-state index >= 15 is 0 Å². The number of likely N-dealkylation sites (tertiary alicyclic amines) is 1. The Balaban J connectivity index is 1.50. The minimum Gasteiger partial charge on any atom is -0.472 e. The molecule has 28 heavy (non-hydrogen) atoms. The van der Waals surface area contributed by atoms with E-state index in [-0.39, 0.29) is 23.6 Å². The summed E-state index contributed by atoms with van der Waals surface area (Å²) in [5, 5.41) is 2.87. The zero-order valence-electron chi connectivity index (χ0n) is 15.0. The van der Waals surface area contributed by atoms with Gasteiger partial charge in [0.1, 0.15) is 12.0 Å². The van der Waals surface area contributed by atoms with E-state index in [0.29, 0.717) is 37.1 Å². The van der Waals surface area contributed by atoms with Crippen LogP contribution >= 0.6 is 0 Å².